The number of hydrogen-bond donors (Lipinski definition) is 2. The van der Waals surface area contributed by atoms with Crippen molar-refractivity contribution in [3.63, 3.8) is 0 Å². The first-order valence-corrected chi connectivity index (χ1v) is 18.8. The van der Waals surface area contributed by atoms with Gasteiger partial charge in [0.1, 0.15) is 17.2 Å². The highest BCUT2D eigenvalue weighted by Crippen LogP contribution is 2.50. The van der Waals surface area contributed by atoms with Gasteiger partial charge in [-0.3, -0.25) is 4.79 Å². The van der Waals surface area contributed by atoms with Gasteiger partial charge in [-0.1, -0.05) is 92.2 Å². The lowest BCUT2D eigenvalue weighted by Crippen LogP contribution is -2.46. The van der Waals surface area contributed by atoms with Crippen LogP contribution >= 0.6 is 0 Å². The first-order valence-electron chi connectivity index (χ1n) is 18.8. The van der Waals surface area contributed by atoms with Gasteiger partial charge in [0, 0.05) is 65.2 Å². The van der Waals surface area contributed by atoms with Crippen LogP contribution in [0.15, 0.2) is 133 Å². The molecule has 7 nitrogen and oxygen atoms in total. The molecule has 7 heteroatoms. The molecule has 1 unspecified atom stereocenters. The minimum absolute atomic E-state index is 0.159. The summed E-state index contributed by atoms with van der Waals surface area (Å²) in [6, 6.07) is 42.5. The van der Waals surface area contributed by atoms with E-state index in [1.54, 1.807) is 13.2 Å². The molecule has 2 aliphatic rings. The monoisotopic (exact) mass is 715 g/mol. The number of phenols is 1. The Morgan fingerprint density at radius 2 is 1.43 bits per heavy atom. The highest BCUT2D eigenvalue weighted by atomic mass is 16.5. The van der Waals surface area contributed by atoms with Gasteiger partial charge in [0.2, 0.25) is 5.91 Å². The van der Waals surface area contributed by atoms with E-state index < -0.39 is 11.5 Å². The lowest BCUT2D eigenvalue weighted by molar-refractivity contribution is -0.116. The van der Waals surface area contributed by atoms with E-state index in [0.29, 0.717) is 11.3 Å². The van der Waals surface area contributed by atoms with Crippen molar-refractivity contribution in [2.45, 2.75) is 31.8 Å². The second-order valence-corrected chi connectivity index (χ2v) is 14.2. The number of carbonyl (C=O) groups is 1. The zero-order valence-electron chi connectivity index (χ0n) is 30.8. The van der Waals surface area contributed by atoms with Crippen molar-refractivity contribution in [2.75, 3.05) is 43.1 Å². The molecule has 0 bridgehead atoms. The van der Waals surface area contributed by atoms with Crippen molar-refractivity contribution >= 4 is 34.1 Å². The fraction of sp³-hybridized carbons (Fsp3) is 0.213. The Labute approximate surface area is 316 Å². The molecular formula is C47H45N3O4. The predicted octanol–water partition coefficient (Wildman–Crippen LogP) is 9.10. The Morgan fingerprint density at radius 3 is 2.04 bits per heavy atom. The average molecular weight is 716 g/mol. The van der Waals surface area contributed by atoms with Gasteiger partial charge in [-0.25, -0.2) is 0 Å². The fourth-order valence-electron chi connectivity index (χ4n) is 7.94. The van der Waals surface area contributed by atoms with Gasteiger partial charge in [0.15, 0.2) is 5.60 Å². The summed E-state index contributed by atoms with van der Waals surface area (Å²) in [5.74, 6) is 1.03. The molecule has 0 spiro atoms. The number of phenolic OH excluding ortho intramolecular Hbond substituents is 1. The summed E-state index contributed by atoms with van der Waals surface area (Å²) in [6.45, 7) is 5.71. The van der Waals surface area contributed by atoms with Crippen LogP contribution in [0.1, 0.15) is 42.0 Å². The van der Waals surface area contributed by atoms with Crippen molar-refractivity contribution < 1.29 is 19.4 Å². The number of aryl methyl sites for hydroxylation is 1. The van der Waals surface area contributed by atoms with E-state index in [-0.39, 0.29) is 5.75 Å². The number of piperazine rings is 1. The number of carbonyl (C=O) groups excluding carboxylic acids is 1. The van der Waals surface area contributed by atoms with E-state index in [9.17, 15) is 9.90 Å². The zero-order valence-corrected chi connectivity index (χ0v) is 30.8. The summed E-state index contributed by atoms with van der Waals surface area (Å²) >= 11 is 0. The maximum Gasteiger partial charge on any atom is 0.249 e. The summed E-state index contributed by atoms with van der Waals surface area (Å²) in [5.41, 5.74) is 12.8. The second-order valence-electron chi connectivity index (χ2n) is 14.2. The van der Waals surface area contributed by atoms with E-state index in [0.717, 1.165) is 95.5 Å². The van der Waals surface area contributed by atoms with Crippen LogP contribution < -0.4 is 25.0 Å². The lowest BCUT2D eigenvalue weighted by atomic mass is 9.76. The number of nitrogens with two attached hydrogens (primary N) is 1. The first kappa shape index (κ1) is 34.9. The molecule has 0 radical (unpaired) electrons. The summed E-state index contributed by atoms with van der Waals surface area (Å²) in [5, 5.41) is 13.1. The zero-order chi connectivity index (χ0) is 37.2. The molecule has 0 aliphatic carbocycles. The van der Waals surface area contributed by atoms with Gasteiger partial charge in [0.05, 0.1) is 12.7 Å². The van der Waals surface area contributed by atoms with Crippen molar-refractivity contribution in [1.29, 1.82) is 0 Å². The highest BCUT2D eigenvalue weighted by molar-refractivity contribution is 6.04. The number of benzene rings is 6. The molecule has 54 heavy (non-hydrogen) atoms. The number of rotatable bonds is 10. The number of aromatic hydroxyl groups is 1. The summed E-state index contributed by atoms with van der Waals surface area (Å²) in [4.78, 5) is 18.2. The lowest BCUT2D eigenvalue weighted by Gasteiger charge is -2.41. The number of nitrogens with zero attached hydrogens (tertiary/aromatic N) is 2. The van der Waals surface area contributed by atoms with Crippen LogP contribution in [-0.4, -0.2) is 44.3 Å². The third-order valence-electron chi connectivity index (χ3n) is 10.9. The minimum Gasteiger partial charge on any atom is -0.507 e. The van der Waals surface area contributed by atoms with Crippen LogP contribution in [0.3, 0.4) is 0 Å². The summed E-state index contributed by atoms with van der Waals surface area (Å²) in [6.07, 6.45) is 5.19. The molecule has 1 saturated heterocycles. The predicted molar refractivity (Wildman–Crippen MR) is 219 cm³/mol. The molecular weight excluding hydrogens is 671 g/mol. The van der Waals surface area contributed by atoms with Crippen LogP contribution in [0.4, 0.5) is 11.4 Å². The van der Waals surface area contributed by atoms with E-state index in [1.165, 1.54) is 11.3 Å². The Bertz CT molecular complexity index is 2310. The molecule has 3 N–H and O–H groups in total. The highest BCUT2D eigenvalue weighted by Gasteiger charge is 2.46. The molecule has 1 fully saturated rings. The second kappa shape index (κ2) is 14.7. The van der Waals surface area contributed by atoms with Crippen molar-refractivity contribution in [3.05, 3.63) is 155 Å². The van der Waals surface area contributed by atoms with Gasteiger partial charge in [-0.05, 0) is 84.0 Å². The first-order chi connectivity index (χ1) is 26.4. The van der Waals surface area contributed by atoms with Gasteiger partial charge >= 0.3 is 0 Å². The number of ether oxygens (including phenoxy) is 2. The van der Waals surface area contributed by atoms with Crippen LogP contribution in [-0.2, 0) is 16.8 Å². The Balaban J connectivity index is 1.14. The summed E-state index contributed by atoms with van der Waals surface area (Å²) < 4.78 is 12.5. The van der Waals surface area contributed by atoms with Crippen LogP contribution in [0, 0.1) is 0 Å². The SMILES string of the molecule is CCCCc1ccc(-c2cc3ccc4c(c3cc2O)OC(c2ccccc2)(c2ccc(N3CCN(c5ccc(OC)cc5)CC3)cc2)C(C(N)=O)=C4)cc1. The topological polar surface area (TPSA) is 88.3 Å². The molecule has 8 rings (SSSR count). The number of hydrogen-bond acceptors (Lipinski definition) is 6. The van der Waals surface area contributed by atoms with Gasteiger partial charge in [-0.15, -0.1) is 0 Å². The van der Waals surface area contributed by atoms with Gasteiger partial charge in [-0.2, -0.15) is 0 Å². The van der Waals surface area contributed by atoms with E-state index in [4.69, 9.17) is 15.2 Å². The Morgan fingerprint density at radius 1 is 0.796 bits per heavy atom. The molecule has 1 atom stereocenters. The van der Waals surface area contributed by atoms with Crippen LogP contribution in [0.25, 0.3) is 28.0 Å². The third kappa shape index (κ3) is 6.40. The smallest absolute Gasteiger partial charge is 0.249 e. The van der Waals surface area contributed by atoms with Crippen molar-refractivity contribution in [2.24, 2.45) is 5.73 Å². The number of amides is 1. The van der Waals surface area contributed by atoms with Gasteiger partial charge in [0.25, 0.3) is 0 Å². The van der Waals surface area contributed by atoms with Crippen molar-refractivity contribution in [3.8, 4) is 28.4 Å². The van der Waals surface area contributed by atoms with E-state index in [2.05, 4.69) is 65.3 Å². The standard InChI is InChI=1S/C47H45N3O4/c1-3-4-8-32-11-13-33(14-12-32)41-29-34-15-16-35-30-43(46(48)52)47(36-9-6-5-7-10-36,54-45(35)42(34)31-44(41)51)37-17-19-38(20-18-37)49-25-27-50(28-26-49)39-21-23-40(53-2)24-22-39/h5-7,9-24,29-31,51H,3-4,8,25-28H2,1-2H3,(H2,48,52). The molecule has 0 saturated carbocycles. The molecule has 6 aromatic carbocycles. The molecule has 272 valence electrons. The summed E-state index contributed by atoms with van der Waals surface area (Å²) in [7, 11) is 1.68. The van der Waals surface area contributed by atoms with E-state index >= 15 is 0 Å². The maximum absolute atomic E-state index is 13.4. The quantitative estimate of drug-likeness (QED) is 0.147. The van der Waals surface area contributed by atoms with E-state index in [1.807, 2.05) is 78.9 Å². The minimum atomic E-state index is -1.33. The maximum atomic E-state index is 13.4. The molecule has 0 aromatic heterocycles. The average Bonchev–Trinajstić information content (AvgIpc) is 3.23. The van der Waals surface area contributed by atoms with Crippen LogP contribution in [0.5, 0.6) is 17.2 Å². The number of unbranched alkanes of at least 4 members (excludes halogenated alkanes) is 1. The molecule has 2 heterocycles. The normalized spacial score (nSPS) is 16.7. The number of fused-ring (bicyclic) bond motifs is 3. The Kier molecular flexibility index (Phi) is 9.47. The molecule has 1 amide bonds. The van der Waals surface area contributed by atoms with Crippen molar-refractivity contribution in [1.82, 2.24) is 0 Å². The number of anilines is 2. The Hall–Kier alpha value is -6.21. The number of methoxy groups -OCH3 is 1. The molecule has 6 aromatic rings. The fourth-order valence-corrected chi connectivity index (χ4v) is 7.94. The van der Waals surface area contributed by atoms with Crippen LogP contribution in [0.2, 0.25) is 0 Å². The van der Waals surface area contributed by atoms with Gasteiger partial charge < -0.3 is 30.1 Å². The largest absolute Gasteiger partial charge is 0.507 e. The third-order valence-corrected chi connectivity index (χ3v) is 10.9. The molecule has 2 aliphatic heterocycles. The number of primary amides is 1.